The number of sulfonamides is 1. The Kier molecular flexibility index (Phi) is 6.27. The quantitative estimate of drug-likeness (QED) is 0.591. The summed E-state index contributed by atoms with van der Waals surface area (Å²) in [7, 11) is -3.55. The third kappa shape index (κ3) is 4.58. The van der Waals surface area contributed by atoms with E-state index >= 15 is 0 Å². The van der Waals surface area contributed by atoms with Gasteiger partial charge in [0.1, 0.15) is 11.3 Å². The Bertz CT molecular complexity index is 1190. The zero-order chi connectivity index (χ0) is 22.0. The molecule has 0 unspecified atom stereocenters. The van der Waals surface area contributed by atoms with Crippen LogP contribution < -0.4 is 10.1 Å². The predicted octanol–water partition coefficient (Wildman–Crippen LogP) is 4.37. The first kappa shape index (κ1) is 21.7. The first-order chi connectivity index (χ1) is 14.9. The fraction of sp³-hybridized carbons (Fsp3) is 0.364. The van der Waals surface area contributed by atoms with E-state index in [2.05, 4.69) is 17.2 Å². The van der Waals surface area contributed by atoms with Crippen molar-refractivity contribution in [3.8, 4) is 5.75 Å². The lowest BCUT2D eigenvalue weighted by atomic mass is 10.0. The molecule has 2 heterocycles. The number of ether oxygens (including phenoxy) is 1. The third-order valence-corrected chi connectivity index (χ3v) is 8.09. The number of para-hydroxylation sites is 1. The summed E-state index contributed by atoms with van der Waals surface area (Å²) in [6.07, 6.45) is 1.91. The second-order valence-electron chi connectivity index (χ2n) is 7.64. The number of piperidine rings is 1. The molecule has 7 nitrogen and oxygen atoms in total. The minimum atomic E-state index is -3.55. The van der Waals surface area contributed by atoms with E-state index in [0.29, 0.717) is 47.6 Å². The monoisotopic (exact) mass is 459 g/mol. The highest BCUT2D eigenvalue weighted by molar-refractivity contribution is 7.89. The molecule has 0 spiro atoms. The molecule has 0 bridgehead atoms. The van der Waals surface area contributed by atoms with Gasteiger partial charge in [0, 0.05) is 18.7 Å². The van der Waals surface area contributed by atoms with Gasteiger partial charge in [0.2, 0.25) is 10.0 Å². The zero-order valence-electron chi connectivity index (χ0n) is 17.5. The number of anilines is 1. The standard InChI is InChI=1S/C22H25N3O4S2/c1-3-29-18-7-4-8-19-20(18)23-22(30-19)24-21(26)16-9-11-17(12-10-16)31(27,28)25-13-5-6-15(2)14-25/h4,7-12,15H,3,5-6,13-14H2,1-2H3,(H,23,24,26)/t15-/m1/s1. The molecule has 1 aromatic heterocycles. The van der Waals surface area contributed by atoms with Crippen LogP contribution in [-0.4, -0.2) is 43.3 Å². The Labute approximate surface area is 186 Å². The van der Waals surface area contributed by atoms with E-state index in [9.17, 15) is 13.2 Å². The maximum Gasteiger partial charge on any atom is 0.257 e. The number of hydrogen-bond acceptors (Lipinski definition) is 6. The van der Waals surface area contributed by atoms with E-state index in [1.54, 1.807) is 0 Å². The topological polar surface area (TPSA) is 88.6 Å². The summed E-state index contributed by atoms with van der Waals surface area (Å²) < 4.78 is 33.8. The molecule has 1 fully saturated rings. The molecule has 31 heavy (non-hydrogen) atoms. The average Bonchev–Trinajstić information content (AvgIpc) is 3.17. The van der Waals surface area contributed by atoms with Gasteiger partial charge in [-0.05, 0) is 62.1 Å². The summed E-state index contributed by atoms with van der Waals surface area (Å²) in [5, 5.41) is 3.26. The van der Waals surface area contributed by atoms with Gasteiger partial charge in [0.15, 0.2) is 5.13 Å². The van der Waals surface area contributed by atoms with Crippen molar-refractivity contribution in [2.75, 3.05) is 25.0 Å². The van der Waals surface area contributed by atoms with E-state index in [-0.39, 0.29) is 10.8 Å². The molecule has 164 valence electrons. The largest absolute Gasteiger partial charge is 0.492 e. The molecule has 1 atom stereocenters. The molecule has 1 saturated heterocycles. The van der Waals surface area contributed by atoms with Crippen LogP contribution in [0.4, 0.5) is 5.13 Å². The van der Waals surface area contributed by atoms with E-state index in [4.69, 9.17) is 4.74 Å². The van der Waals surface area contributed by atoms with E-state index in [1.807, 2.05) is 25.1 Å². The smallest absolute Gasteiger partial charge is 0.257 e. The highest BCUT2D eigenvalue weighted by atomic mass is 32.2. The Morgan fingerprint density at radius 3 is 2.74 bits per heavy atom. The fourth-order valence-corrected chi connectivity index (χ4v) is 6.19. The summed E-state index contributed by atoms with van der Waals surface area (Å²) in [5.74, 6) is 0.691. The van der Waals surface area contributed by atoms with Gasteiger partial charge in [0.05, 0.1) is 16.2 Å². The Balaban J connectivity index is 1.50. The minimum absolute atomic E-state index is 0.208. The van der Waals surface area contributed by atoms with Crippen molar-refractivity contribution in [3.63, 3.8) is 0 Å². The first-order valence-electron chi connectivity index (χ1n) is 10.3. The number of carbonyl (C=O) groups is 1. The van der Waals surface area contributed by atoms with Crippen molar-refractivity contribution in [2.24, 2.45) is 5.92 Å². The van der Waals surface area contributed by atoms with Crippen molar-refractivity contribution in [2.45, 2.75) is 31.6 Å². The number of nitrogens with one attached hydrogen (secondary N) is 1. The molecule has 1 amide bonds. The SMILES string of the molecule is CCOc1cccc2sc(NC(=O)c3ccc(S(=O)(=O)N4CCC[C@@H](C)C4)cc3)nc12. The lowest BCUT2D eigenvalue weighted by molar-refractivity contribution is 0.102. The number of hydrogen-bond donors (Lipinski definition) is 1. The van der Waals surface area contributed by atoms with Crippen LogP contribution in [0, 0.1) is 5.92 Å². The van der Waals surface area contributed by atoms with Crippen LogP contribution in [0.25, 0.3) is 10.2 Å². The van der Waals surface area contributed by atoms with Gasteiger partial charge in [-0.3, -0.25) is 10.1 Å². The number of fused-ring (bicyclic) bond motifs is 1. The summed E-state index contributed by atoms with van der Waals surface area (Å²) >= 11 is 1.36. The number of nitrogens with zero attached hydrogens (tertiary/aromatic N) is 2. The molecule has 4 rings (SSSR count). The third-order valence-electron chi connectivity index (χ3n) is 5.28. The van der Waals surface area contributed by atoms with Crippen molar-refractivity contribution in [1.29, 1.82) is 0 Å². The van der Waals surface area contributed by atoms with Gasteiger partial charge in [-0.2, -0.15) is 4.31 Å². The number of benzene rings is 2. The molecular weight excluding hydrogens is 434 g/mol. The van der Waals surface area contributed by atoms with Crippen LogP contribution in [-0.2, 0) is 10.0 Å². The second-order valence-corrected chi connectivity index (χ2v) is 10.6. The highest BCUT2D eigenvalue weighted by Gasteiger charge is 2.28. The molecule has 0 radical (unpaired) electrons. The van der Waals surface area contributed by atoms with Gasteiger partial charge < -0.3 is 4.74 Å². The lowest BCUT2D eigenvalue weighted by Gasteiger charge is -2.30. The molecule has 0 saturated carbocycles. The number of thiazole rings is 1. The number of aromatic nitrogens is 1. The van der Waals surface area contributed by atoms with Gasteiger partial charge in [0.25, 0.3) is 5.91 Å². The van der Waals surface area contributed by atoms with Crippen LogP contribution in [0.5, 0.6) is 5.75 Å². The summed E-state index contributed by atoms with van der Waals surface area (Å²) in [5.41, 5.74) is 1.08. The van der Waals surface area contributed by atoms with Gasteiger partial charge in [-0.15, -0.1) is 0 Å². The van der Waals surface area contributed by atoms with E-state index in [0.717, 1.165) is 17.5 Å². The van der Waals surface area contributed by atoms with Crippen LogP contribution in [0.1, 0.15) is 37.0 Å². The van der Waals surface area contributed by atoms with Crippen LogP contribution >= 0.6 is 11.3 Å². The molecule has 1 aliphatic rings. The van der Waals surface area contributed by atoms with Crippen molar-refractivity contribution < 1.29 is 17.9 Å². The molecule has 3 aromatic rings. The Morgan fingerprint density at radius 2 is 2.03 bits per heavy atom. The predicted molar refractivity (Wildman–Crippen MR) is 122 cm³/mol. The highest BCUT2D eigenvalue weighted by Crippen LogP contribution is 2.32. The normalized spacial score (nSPS) is 17.5. The van der Waals surface area contributed by atoms with E-state index in [1.165, 1.54) is 39.9 Å². The number of rotatable bonds is 6. The zero-order valence-corrected chi connectivity index (χ0v) is 19.1. The molecular formula is C22H25N3O4S2. The van der Waals surface area contributed by atoms with Gasteiger partial charge >= 0.3 is 0 Å². The maximum atomic E-state index is 12.9. The molecule has 0 aliphatic carbocycles. The first-order valence-corrected chi connectivity index (χ1v) is 12.6. The number of carbonyl (C=O) groups excluding carboxylic acids is 1. The van der Waals surface area contributed by atoms with Crippen LogP contribution in [0.15, 0.2) is 47.4 Å². The van der Waals surface area contributed by atoms with Crippen molar-refractivity contribution >= 4 is 42.6 Å². The molecule has 1 aliphatic heterocycles. The molecule has 9 heteroatoms. The summed E-state index contributed by atoms with van der Waals surface area (Å²) in [4.78, 5) is 17.4. The summed E-state index contributed by atoms with van der Waals surface area (Å²) in [6, 6.07) is 11.7. The summed E-state index contributed by atoms with van der Waals surface area (Å²) in [6.45, 7) is 5.57. The maximum absolute atomic E-state index is 12.9. The van der Waals surface area contributed by atoms with Crippen LogP contribution in [0.2, 0.25) is 0 Å². The van der Waals surface area contributed by atoms with Crippen molar-refractivity contribution in [3.05, 3.63) is 48.0 Å². The Morgan fingerprint density at radius 1 is 1.26 bits per heavy atom. The minimum Gasteiger partial charge on any atom is -0.492 e. The second kappa shape index (κ2) is 8.94. The van der Waals surface area contributed by atoms with Gasteiger partial charge in [-0.25, -0.2) is 13.4 Å². The average molecular weight is 460 g/mol. The van der Waals surface area contributed by atoms with Gasteiger partial charge in [-0.1, -0.05) is 24.3 Å². The lowest BCUT2D eigenvalue weighted by Crippen LogP contribution is -2.39. The molecule has 1 N–H and O–H groups in total. The van der Waals surface area contributed by atoms with Crippen LogP contribution in [0.3, 0.4) is 0 Å². The van der Waals surface area contributed by atoms with Crippen molar-refractivity contribution in [1.82, 2.24) is 9.29 Å². The molecule has 2 aromatic carbocycles. The fourth-order valence-electron chi connectivity index (χ4n) is 3.71. The van der Waals surface area contributed by atoms with E-state index < -0.39 is 10.0 Å². The Hall–Kier alpha value is -2.49. The number of amides is 1.